The van der Waals surface area contributed by atoms with Crippen LogP contribution in [0.15, 0.2) is 48.8 Å². The molecule has 3 aromatic rings. The Labute approximate surface area is 140 Å². The Bertz CT molecular complexity index is 919. The number of nitro groups is 1. The van der Waals surface area contributed by atoms with Crippen LogP contribution in [0.4, 0.5) is 16.0 Å². The van der Waals surface area contributed by atoms with E-state index in [1.54, 1.807) is 30.5 Å². The van der Waals surface area contributed by atoms with Crippen LogP contribution >= 0.6 is 0 Å². The fourth-order valence-electron chi connectivity index (χ4n) is 2.18. The molecular weight excluding hydrogens is 331 g/mol. The van der Waals surface area contributed by atoms with Gasteiger partial charge in [-0.05, 0) is 11.0 Å². The molecule has 0 fully saturated rings. The highest BCUT2D eigenvalue weighted by Gasteiger charge is 2.14. The molecular formula is C15H13FN6O3. The smallest absolute Gasteiger partial charge is 0.358 e. The van der Waals surface area contributed by atoms with Crippen molar-refractivity contribution in [2.24, 2.45) is 0 Å². The van der Waals surface area contributed by atoms with E-state index in [4.69, 9.17) is 0 Å². The van der Waals surface area contributed by atoms with Crippen molar-refractivity contribution in [1.82, 2.24) is 19.6 Å². The van der Waals surface area contributed by atoms with Gasteiger partial charge in [-0.3, -0.25) is 9.48 Å². The normalized spacial score (nSPS) is 10.6. The van der Waals surface area contributed by atoms with E-state index >= 15 is 0 Å². The van der Waals surface area contributed by atoms with Crippen molar-refractivity contribution in [2.75, 3.05) is 5.32 Å². The third kappa shape index (κ3) is 4.05. The number of benzene rings is 1. The number of rotatable bonds is 6. The van der Waals surface area contributed by atoms with Gasteiger partial charge in [0.25, 0.3) is 0 Å². The minimum atomic E-state index is -0.640. The number of hydrogen-bond acceptors (Lipinski definition) is 5. The van der Waals surface area contributed by atoms with Gasteiger partial charge in [0.2, 0.25) is 5.91 Å². The van der Waals surface area contributed by atoms with Crippen LogP contribution in [-0.2, 0) is 17.9 Å². The maximum atomic E-state index is 13.6. The molecule has 2 aromatic heterocycles. The van der Waals surface area contributed by atoms with Crippen molar-refractivity contribution in [3.8, 4) is 0 Å². The van der Waals surface area contributed by atoms with Gasteiger partial charge in [-0.25, -0.2) is 4.39 Å². The van der Waals surface area contributed by atoms with Crippen molar-refractivity contribution in [3.05, 3.63) is 70.3 Å². The van der Waals surface area contributed by atoms with Crippen LogP contribution in [0.25, 0.3) is 0 Å². The highest BCUT2D eigenvalue weighted by Crippen LogP contribution is 2.10. The van der Waals surface area contributed by atoms with Crippen molar-refractivity contribution in [1.29, 1.82) is 0 Å². The summed E-state index contributed by atoms with van der Waals surface area (Å²) >= 11 is 0. The number of aromatic nitrogens is 4. The summed E-state index contributed by atoms with van der Waals surface area (Å²) in [5.74, 6) is -0.803. The van der Waals surface area contributed by atoms with Gasteiger partial charge in [-0.15, -0.1) is 0 Å². The minimum absolute atomic E-state index is 0.186. The Hall–Kier alpha value is -3.56. The number of carbonyl (C=O) groups excluding carboxylic acids is 1. The fraction of sp³-hybridized carbons (Fsp3) is 0.133. The Kier molecular flexibility index (Phi) is 4.50. The molecule has 0 aliphatic heterocycles. The largest absolute Gasteiger partial charge is 0.389 e. The highest BCUT2D eigenvalue weighted by molar-refractivity contribution is 5.89. The molecule has 2 heterocycles. The maximum Gasteiger partial charge on any atom is 0.389 e. The maximum absolute atomic E-state index is 13.6. The summed E-state index contributed by atoms with van der Waals surface area (Å²) in [6.45, 7) is 0.0436. The second-order valence-corrected chi connectivity index (χ2v) is 5.17. The molecule has 3 rings (SSSR count). The van der Waals surface area contributed by atoms with Crippen molar-refractivity contribution >= 4 is 17.5 Å². The van der Waals surface area contributed by atoms with Crippen molar-refractivity contribution < 1.29 is 14.1 Å². The van der Waals surface area contributed by atoms with Gasteiger partial charge < -0.3 is 15.4 Å². The van der Waals surface area contributed by atoms with E-state index in [9.17, 15) is 19.3 Å². The SMILES string of the molecule is O=C(Cn1ccc([N+](=O)[O-])n1)Nc1ccn(Cc2ccccc2F)n1. The summed E-state index contributed by atoms with van der Waals surface area (Å²) in [5, 5.41) is 20.9. The van der Waals surface area contributed by atoms with Gasteiger partial charge in [-0.2, -0.15) is 9.78 Å². The number of halogens is 1. The average Bonchev–Trinajstić information content (AvgIpc) is 3.19. The van der Waals surface area contributed by atoms with Crippen molar-refractivity contribution in [3.63, 3.8) is 0 Å². The van der Waals surface area contributed by atoms with Crippen LogP contribution in [0, 0.1) is 15.9 Å². The molecule has 0 aliphatic rings. The molecule has 0 atom stereocenters. The Balaban J connectivity index is 1.59. The zero-order valence-electron chi connectivity index (χ0n) is 12.9. The number of anilines is 1. The number of carbonyl (C=O) groups is 1. The molecule has 1 aromatic carbocycles. The molecule has 0 spiro atoms. The highest BCUT2D eigenvalue weighted by atomic mass is 19.1. The number of nitrogens with zero attached hydrogens (tertiary/aromatic N) is 5. The van der Waals surface area contributed by atoms with Gasteiger partial charge in [0.15, 0.2) is 5.82 Å². The number of nitrogens with one attached hydrogen (secondary N) is 1. The molecule has 9 nitrogen and oxygen atoms in total. The summed E-state index contributed by atoms with van der Waals surface area (Å²) in [6.07, 6.45) is 2.95. The minimum Gasteiger partial charge on any atom is -0.358 e. The van der Waals surface area contributed by atoms with E-state index in [1.165, 1.54) is 23.0 Å². The van der Waals surface area contributed by atoms with Crippen LogP contribution in [0.5, 0.6) is 0 Å². The summed E-state index contributed by atoms with van der Waals surface area (Å²) in [4.78, 5) is 21.8. The molecule has 0 saturated carbocycles. The summed E-state index contributed by atoms with van der Waals surface area (Å²) in [6, 6.07) is 9.13. The van der Waals surface area contributed by atoms with E-state index in [1.807, 2.05) is 0 Å². The molecule has 0 unspecified atom stereocenters. The Morgan fingerprint density at radius 3 is 2.64 bits per heavy atom. The first kappa shape index (κ1) is 16.3. The van der Waals surface area contributed by atoms with Gasteiger partial charge in [0.1, 0.15) is 12.4 Å². The third-order valence-corrected chi connectivity index (χ3v) is 3.32. The quantitative estimate of drug-likeness (QED) is 0.542. The first-order valence-corrected chi connectivity index (χ1v) is 7.26. The molecule has 0 aliphatic carbocycles. The molecule has 0 radical (unpaired) electrons. The topological polar surface area (TPSA) is 108 Å². The second-order valence-electron chi connectivity index (χ2n) is 5.17. The van der Waals surface area contributed by atoms with E-state index in [0.717, 1.165) is 4.68 Å². The molecule has 1 N–H and O–H groups in total. The van der Waals surface area contributed by atoms with Crippen LogP contribution in [0.2, 0.25) is 0 Å². The summed E-state index contributed by atoms with van der Waals surface area (Å²) in [7, 11) is 0. The number of hydrogen-bond donors (Lipinski definition) is 1. The molecule has 10 heteroatoms. The van der Waals surface area contributed by atoms with Gasteiger partial charge >= 0.3 is 5.82 Å². The first-order chi connectivity index (χ1) is 12.0. The molecule has 25 heavy (non-hydrogen) atoms. The predicted octanol–water partition coefficient (Wildman–Crippen LogP) is 1.81. The zero-order valence-corrected chi connectivity index (χ0v) is 12.9. The van der Waals surface area contributed by atoms with Crippen LogP contribution < -0.4 is 5.32 Å². The fourth-order valence-corrected chi connectivity index (χ4v) is 2.18. The molecule has 0 bridgehead atoms. The standard InChI is InChI=1S/C15H13FN6O3/c16-12-4-2-1-3-11(12)9-20-7-5-13(18-20)17-15(23)10-21-8-6-14(19-21)22(24)25/h1-8H,9-10H2,(H,17,18,23). The lowest BCUT2D eigenvalue weighted by Gasteiger charge is -2.03. The monoisotopic (exact) mass is 344 g/mol. The number of amides is 1. The average molecular weight is 344 g/mol. The first-order valence-electron chi connectivity index (χ1n) is 7.26. The lowest BCUT2D eigenvalue weighted by atomic mass is 10.2. The second kappa shape index (κ2) is 6.91. The van der Waals surface area contributed by atoms with Gasteiger partial charge in [0, 0.05) is 17.8 Å². The lowest BCUT2D eigenvalue weighted by molar-refractivity contribution is -0.389. The lowest BCUT2D eigenvalue weighted by Crippen LogP contribution is -2.19. The van der Waals surface area contributed by atoms with Crippen LogP contribution in [-0.4, -0.2) is 30.4 Å². The molecule has 128 valence electrons. The Morgan fingerprint density at radius 2 is 1.92 bits per heavy atom. The zero-order chi connectivity index (χ0) is 17.8. The van der Waals surface area contributed by atoms with E-state index in [2.05, 4.69) is 15.5 Å². The van der Waals surface area contributed by atoms with Gasteiger partial charge in [-0.1, -0.05) is 18.2 Å². The van der Waals surface area contributed by atoms with Crippen LogP contribution in [0.3, 0.4) is 0 Å². The predicted molar refractivity (Wildman–Crippen MR) is 85.2 cm³/mol. The summed E-state index contributed by atoms with van der Waals surface area (Å²) in [5.41, 5.74) is 0.479. The molecule has 1 amide bonds. The van der Waals surface area contributed by atoms with Crippen molar-refractivity contribution in [2.45, 2.75) is 13.1 Å². The Morgan fingerprint density at radius 1 is 1.16 bits per heavy atom. The van der Waals surface area contributed by atoms with E-state index in [-0.39, 0.29) is 24.7 Å². The van der Waals surface area contributed by atoms with E-state index < -0.39 is 10.8 Å². The van der Waals surface area contributed by atoms with Crippen LogP contribution in [0.1, 0.15) is 5.56 Å². The van der Waals surface area contributed by atoms with E-state index in [0.29, 0.717) is 11.4 Å². The molecule has 0 saturated heterocycles. The summed E-state index contributed by atoms with van der Waals surface area (Å²) < 4.78 is 16.3. The third-order valence-electron chi connectivity index (χ3n) is 3.32. The van der Waals surface area contributed by atoms with Gasteiger partial charge in [0.05, 0.1) is 23.9 Å².